The molecule has 0 bridgehead atoms. The molecule has 0 radical (unpaired) electrons. The number of carbonyl (C=O) groups is 2. The zero-order valence-electron chi connectivity index (χ0n) is 17.3. The van der Waals surface area contributed by atoms with Crippen molar-refractivity contribution < 1.29 is 22.8 Å². The number of aryl methyl sites for hydroxylation is 4. The summed E-state index contributed by atoms with van der Waals surface area (Å²) in [4.78, 5) is 29.6. The molecule has 1 heterocycles. The Hall–Kier alpha value is -3.20. The van der Waals surface area contributed by atoms with Crippen molar-refractivity contribution in [3.63, 3.8) is 0 Å². The summed E-state index contributed by atoms with van der Waals surface area (Å²) in [6.45, 7) is 7.39. The first kappa shape index (κ1) is 22.5. The largest absolute Gasteiger partial charge is 0.416 e. The summed E-state index contributed by atoms with van der Waals surface area (Å²) >= 11 is 0.957. The first-order valence-electron chi connectivity index (χ1n) is 9.31. The zero-order chi connectivity index (χ0) is 22.9. The molecule has 0 saturated carbocycles. The quantitative estimate of drug-likeness (QED) is 0.523. The van der Waals surface area contributed by atoms with Gasteiger partial charge in [0.2, 0.25) is 0 Å². The highest BCUT2D eigenvalue weighted by Crippen LogP contribution is 2.30. The maximum Gasteiger partial charge on any atom is 0.416 e. The maximum atomic E-state index is 12.9. The van der Waals surface area contributed by atoms with E-state index in [4.69, 9.17) is 0 Å². The number of nitrogens with one attached hydrogen (secondary N) is 2. The third-order valence-electron chi connectivity index (χ3n) is 4.59. The monoisotopic (exact) mass is 447 g/mol. The van der Waals surface area contributed by atoms with Crippen LogP contribution < -0.4 is 10.6 Å². The van der Waals surface area contributed by atoms with Crippen molar-refractivity contribution in [3.05, 3.63) is 74.8 Å². The Balaban J connectivity index is 1.78. The van der Waals surface area contributed by atoms with Gasteiger partial charge in [0, 0.05) is 11.3 Å². The van der Waals surface area contributed by atoms with E-state index in [0.29, 0.717) is 16.3 Å². The van der Waals surface area contributed by atoms with Gasteiger partial charge >= 0.3 is 6.18 Å². The van der Waals surface area contributed by atoms with Gasteiger partial charge in [-0.15, -0.1) is 0 Å². The number of halogens is 3. The molecule has 2 aromatic carbocycles. The lowest BCUT2D eigenvalue weighted by atomic mass is 10.1. The molecule has 31 heavy (non-hydrogen) atoms. The van der Waals surface area contributed by atoms with Gasteiger partial charge in [0.05, 0.1) is 11.3 Å². The normalized spacial score (nSPS) is 11.3. The minimum atomic E-state index is -4.55. The minimum Gasteiger partial charge on any atom is -0.321 e. The number of aromatic nitrogens is 1. The van der Waals surface area contributed by atoms with Gasteiger partial charge in [0.1, 0.15) is 4.88 Å². The van der Waals surface area contributed by atoms with E-state index in [-0.39, 0.29) is 16.6 Å². The van der Waals surface area contributed by atoms with Crippen molar-refractivity contribution in [1.29, 1.82) is 0 Å². The second kappa shape index (κ2) is 8.50. The third-order valence-corrected chi connectivity index (χ3v) is 5.66. The zero-order valence-corrected chi connectivity index (χ0v) is 18.1. The van der Waals surface area contributed by atoms with Gasteiger partial charge in [0.25, 0.3) is 11.8 Å². The Morgan fingerprint density at radius 3 is 2.19 bits per heavy atom. The van der Waals surface area contributed by atoms with Gasteiger partial charge in [-0.1, -0.05) is 35.1 Å². The van der Waals surface area contributed by atoms with E-state index < -0.39 is 17.6 Å². The van der Waals surface area contributed by atoms with Crippen LogP contribution in [0.3, 0.4) is 0 Å². The van der Waals surface area contributed by atoms with Crippen LogP contribution in [0, 0.1) is 27.7 Å². The molecule has 0 aliphatic carbocycles. The molecule has 0 unspecified atom stereocenters. The molecule has 2 N–H and O–H groups in total. The molecule has 0 saturated heterocycles. The van der Waals surface area contributed by atoms with Crippen LogP contribution in [0.15, 0.2) is 36.4 Å². The minimum absolute atomic E-state index is 0.127. The second-order valence-electron chi connectivity index (χ2n) is 7.19. The molecule has 0 aliphatic heterocycles. The Labute approximate surface area is 181 Å². The van der Waals surface area contributed by atoms with Gasteiger partial charge < -0.3 is 5.32 Å². The number of hydrogen-bond donors (Lipinski definition) is 2. The first-order chi connectivity index (χ1) is 14.5. The number of alkyl halides is 3. The molecule has 2 amide bonds. The van der Waals surface area contributed by atoms with Crippen LogP contribution in [0.4, 0.5) is 24.0 Å². The molecule has 0 atom stereocenters. The molecular weight excluding hydrogens is 427 g/mol. The lowest BCUT2D eigenvalue weighted by Gasteiger charge is -2.12. The highest BCUT2D eigenvalue weighted by molar-refractivity contribution is 7.17. The molecule has 0 fully saturated rings. The molecule has 0 aliphatic rings. The van der Waals surface area contributed by atoms with Crippen LogP contribution in [0.5, 0.6) is 0 Å². The number of amides is 2. The Kier molecular flexibility index (Phi) is 6.17. The molecule has 3 rings (SSSR count). The van der Waals surface area contributed by atoms with Crippen molar-refractivity contribution in [2.24, 2.45) is 0 Å². The topological polar surface area (TPSA) is 71.1 Å². The fraction of sp³-hybridized carbons (Fsp3) is 0.227. The van der Waals surface area contributed by atoms with Crippen molar-refractivity contribution >= 4 is 34.0 Å². The number of hydrogen-bond acceptors (Lipinski definition) is 4. The fourth-order valence-electron chi connectivity index (χ4n) is 3.21. The van der Waals surface area contributed by atoms with Crippen LogP contribution in [0.2, 0.25) is 0 Å². The van der Waals surface area contributed by atoms with Crippen LogP contribution in [0.1, 0.15) is 48.0 Å². The molecule has 0 spiro atoms. The lowest BCUT2D eigenvalue weighted by Crippen LogP contribution is -2.14. The maximum absolute atomic E-state index is 12.9. The van der Waals surface area contributed by atoms with Crippen LogP contribution in [0.25, 0.3) is 0 Å². The number of benzene rings is 2. The third kappa shape index (κ3) is 5.11. The predicted octanol–water partition coefficient (Wildman–Crippen LogP) is 5.90. The summed E-state index contributed by atoms with van der Waals surface area (Å²) in [6, 6.07) is 8.03. The van der Waals surface area contributed by atoms with Crippen molar-refractivity contribution in [2.75, 3.05) is 10.6 Å². The summed E-state index contributed by atoms with van der Waals surface area (Å²) in [7, 11) is 0. The molecule has 162 valence electrons. The van der Waals surface area contributed by atoms with Gasteiger partial charge in [-0.2, -0.15) is 13.2 Å². The van der Waals surface area contributed by atoms with E-state index in [1.54, 1.807) is 6.92 Å². The van der Waals surface area contributed by atoms with Crippen molar-refractivity contribution in [1.82, 2.24) is 4.98 Å². The van der Waals surface area contributed by atoms with Gasteiger partial charge in [-0.05, 0) is 57.0 Å². The van der Waals surface area contributed by atoms with E-state index in [9.17, 15) is 22.8 Å². The van der Waals surface area contributed by atoms with Crippen LogP contribution in [-0.4, -0.2) is 16.8 Å². The van der Waals surface area contributed by atoms with Crippen molar-refractivity contribution in [2.45, 2.75) is 33.9 Å². The Bertz CT molecular complexity index is 1150. The number of rotatable bonds is 4. The molecule has 1 aromatic heterocycles. The number of anilines is 2. The fourth-order valence-corrected chi connectivity index (χ4v) is 4.07. The molecule has 9 heteroatoms. The van der Waals surface area contributed by atoms with Crippen molar-refractivity contribution in [3.8, 4) is 0 Å². The first-order valence-corrected chi connectivity index (χ1v) is 10.1. The summed E-state index contributed by atoms with van der Waals surface area (Å²) < 4.78 is 38.6. The summed E-state index contributed by atoms with van der Waals surface area (Å²) in [5.41, 5.74) is 2.97. The van der Waals surface area contributed by atoms with E-state index in [1.165, 1.54) is 6.07 Å². The highest BCUT2D eigenvalue weighted by Gasteiger charge is 2.31. The highest BCUT2D eigenvalue weighted by atomic mass is 32.1. The standard InChI is InChI=1S/C22H20F3N3O2S/c1-11-8-12(2)17(13(3)9-11)27-20(30)18-14(4)26-21(31-18)28-19(29)15-6-5-7-16(10-15)22(23,24)25/h5-10H,1-4H3,(H,27,30)(H,26,28,29). The van der Waals surface area contributed by atoms with E-state index in [2.05, 4.69) is 15.6 Å². The predicted molar refractivity (Wildman–Crippen MR) is 115 cm³/mol. The summed E-state index contributed by atoms with van der Waals surface area (Å²) in [5.74, 6) is -1.11. The number of thiazole rings is 1. The number of nitrogens with zero attached hydrogens (tertiary/aromatic N) is 1. The van der Waals surface area contributed by atoms with E-state index >= 15 is 0 Å². The molecule has 5 nitrogen and oxygen atoms in total. The van der Waals surface area contributed by atoms with Gasteiger partial charge in [0.15, 0.2) is 5.13 Å². The molecule has 3 aromatic rings. The van der Waals surface area contributed by atoms with E-state index in [0.717, 1.165) is 46.2 Å². The van der Waals surface area contributed by atoms with Crippen LogP contribution >= 0.6 is 11.3 Å². The molecular formula is C22H20F3N3O2S. The summed E-state index contributed by atoms with van der Waals surface area (Å²) in [5, 5.41) is 5.47. The van der Waals surface area contributed by atoms with Gasteiger partial charge in [-0.25, -0.2) is 4.98 Å². The number of carbonyl (C=O) groups excluding carboxylic acids is 2. The van der Waals surface area contributed by atoms with E-state index in [1.807, 2.05) is 32.9 Å². The van der Waals surface area contributed by atoms with Crippen LogP contribution in [-0.2, 0) is 6.18 Å². The lowest BCUT2D eigenvalue weighted by molar-refractivity contribution is -0.137. The average Bonchev–Trinajstić information content (AvgIpc) is 3.04. The van der Waals surface area contributed by atoms with Gasteiger partial charge in [-0.3, -0.25) is 14.9 Å². The summed E-state index contributed by atoms with van der Waals surface area (Å²) in [6.07, 6.45) is -4.55. The SMILES string of the molecule is Cc1cc(C)c(NC(=O)c2sc(NC(=O)c3cccc(C(F)(F)F)c3)nc2C)c(C)c1. The smallest absolute Gasteiger partial charge is 0.321 e. The Morgan fingerprint density at radius 1 is 0.935 bits per heavy atom. The second-order valence-corrected chi connectivity index (χ2v) is 8.19. The average molecular weight is 447 g/mol. The Morgan fingerprint density at radius 2 is 1.58 bits per heavy atom.